The Labute approximate surface area is 107 Å². The van der Waals surface area contributed by atoms with Crippen LogP contribution < -0.4 is 10.6 Å². The van der Waals surface area contributed by atoms with E-state index >= 15 is 0 Å². The molecule has 96 valence electrons. The van der Waals surface area contributed by atoms with E-state index in [-0.39, 0.29) is 12.0 Å². The Bertz CT molecular complexity index is 398. The molecule has 1 amide bonds. The Balaban J connectivity index is 1.73. The maximum atomic E-state index is 11.6. The second-order valence-corrected chi connectivity index (χ2v) is 4.19. The second-order valence-electron chi connectivity index (χ2n) is 4.19. The minimum absolute atomic E-state index is 0.0767. The monoisotopic (exact) mass is 246 g/mol. The van der Waals surface area contributed by atoms with Crippen molar-refractivity contribution in [1.29, 1.82) is 0 Å². The SMILES string of the molecule is O=C(/C=C/c1ccccc1)NCC1CNCCO1. The lowest BCUT2D eigenvalue weighted by Crippen LogP contribution is -2.44. The van der Waals surface area contributed by atoms with Crippen molar-refractivity contribution >= 4 is 12.0 Å². The first kappa shape index (κ1) is 12.8. The van der Waals surface area contributed by atoms with Gasteiger partial charge in [-0.2, -0.15) is 0 Å². The lowest BCUT2D eigenvalue weighted by molar-refractivity contribution is -0.117. The van der Waals surface area contributed by atoms with Crippen molar-refractivity contribution in [1.82, 2.24) is 10.6 Å². The lowest BCUT2D eigenvalue weighted by atomic mass is 10.2. The number of nitrogens with one attached hydrogen (secondary N) is 2. The molecule has 2 rings (SSSR count). The van der Waals surface area contributed by atoms with Crippen molar-refractivity contribution in [2.24, 2.45) is 0 Å². The number of rotatable bonds is 4. The van der Waals surface area contributed by atoms with Gasteiger partial charge in [0.1, 0.15) is 0 Å². The van der Waals surface area contributed by atoms with Crippen molar-refractivity contribution in [3.05, 3.63) is 42.0 Å². The van der Waals surface area contributed by atoms with Crippen LogP contribution in [-0.2, 0) is 9.53 Å². The lowest BCUT2D eigenvalue weighted by Gasteiger charge is -2.23. The van der Waals surface area contributed by atoms with E-state index in [1.807, 2.05) is 30.3 Å². The average Bonchev–Trinajstić information content (AvgIpc) is 2.45. The third-order valence-electron chi connectivity index (χ3n) is 2.74. The van der Waals surface area contributed by atoms with Crippen LogP contribution in [-0.4, -0.2) is 38.3 Å². The van der Waals surface area contributed by atoms with Gasteiger partial charge in [-0.15, -0.1) is 0 Å². The molecule has 2 N–H and O–H groups in total. The summed E-state index contributed by atoms with van der Waals surface area (Å²) in [6.45, 7) is 2.94. The van der Waals surface area contributed by atoms with Gasteiger partial charge in [-0.25, -0.2) is 0 Å². The van der Waals surface area contributed by atoms with Crippen molar-refractivity contribution < 1.29 is 9.53 Å². The van der Waals surface area contributed by atoms with Crippen molar-refractivity contribution in [2.75, 3.05) is 26.2 Å². The van der Waals surface area contributed by atoms with Gasteiger partial charge in [-0.05, 0) is 11.6 Å². The highest BCUT2D eigenvalue weighted by molar-refractivity contribution is 5.91. The molecule has 0 spiro atoms. The molecule has 0 saturated carbocycles. The van der Waals surface area contributed by atoms with Crippen LogP contribution in [0.25, 0.3) is 6.08 Å². The van der Waals surface area contributed by atoms with Gasteiger partial charge in [0, 0.05) is 25.7 Å². The van der Waals surface area contributed by atoms with E-state index in [1.54, 1.807) is 12.2 Å². The molecule has 0 aliphatic carbocycles. The zero-order valence-corrected chi connectivity index (χ0v) is 10.3. The molecule has 1 heterocycles. The van der Waals surface area contributed by atoms with E-state index in [4.69, 9.17) is 4.74 Å². The summed E-state index contributed by atoms with van der Waals surface area (Å²) in [5.41, 5.74) is 1.02. The van der Waals surface area contributed by atoms with E-state index in [0.717, 1.165) is 18.7 Å². The van der Waals surface area contributed by atoms with Gasteiger partial charge >= 0.3 is 0 Å². The maximum Gasteiger partial charge on any atom is 0.244 e. The Hall–Kier alpha value is -1.65. The predicted molar refractivity (Wildman–Crippen MR) is 71.1 cm³/mol. The van der Waals surface area contributed by atoms with E-state index < -0.39 is 0 Å². The molecule has 0 radical (unpaired) electrons. The smallest absolute Gasteiger partial charge is 0.244 e. The predicted octanol–water partition coefficient (Wildman–Crippen LogP) is 0.804. The summed E-state index contributed by atoms with van der Waals surface area (Å²) in [6, 6.07) is 9.75. The fourth-order valence-corrected chi connectivity index (χ4v) is 1.76. The standard InChI is InChI=1S/C14H18N2O2/c17-14(7-6-12-4-2-1-3-5-12)16-11-13-10-15-8-9-18-13/h1-7,13,15H,8-11H2,(H,16,17)/b7-6+. The van der Waals surface area contributed by atoms with Gasteiger partial charge in [0.05, 0.1) is 12.7 Å². The molecule has 0 bridgehead atoms. The molecule has 4 heteroatoms. The molecule has 1 aromatic rings. The highest BCUT2D eigenvalue weighted by Crippen LogP contribution is 2.00. The molecule has 4 nitrogen and oxygen atoms in total. The summed E-state index contributed by atoms with van der Waals surface area (Å²) in [5.74, 6) is -0.0898. The first-order valence-corrected chi connectivity index (χ1v) is 6.18. The van der Waals surface area contributed by atoms with Crippen LogP contribution in [0.3, 0.4) is 0 Å². The van der Waals surface area contributed by atoms with E-state index in [1.165, 1.54) is 0 Å². The van der Waals surface area contributed by atoms with Crippen LogP contribution in [0, 0.1) is 0 Å². The van der Waals surface area contributed by atoms with Crippen LogP contribution in [0.15, 0.2) is 36.4 Å². The second kappa shape index (κ2) is 6.93. The number of hydrogen-bond acceptors (Lipinski definition) is 3. The zero-order valence-electron chi connectivity index (χ0n) is 10.3. The summed E-state index contributed by atoms with van der Waals surface area (Å²) in [4.78, 5) is 11.6. The average molecular weight is 246 g/mol. The molecule has 1 aromatic carbocycles. The summed E-state index contributed by atoms with van der Waals surface area (Å²) >= 11 is 0. The van der Waals surface area contributed by atoms with Gasteiger partial charge < -0.3 is 15.4 Å². The molecule has 1 aliphatic heterocycles. The largest absolute Gasteiger partial charge is 0.374 e. The Morgan fingerprint density at radius 1 is 1.44 bits per heavy atom. The fraction of sp³-hybridized carbons (Fsp3) is 0.357. The molecular weight excluding hydrogens is 228 g/mol. The molecule has 1 fully saturated rings. The fourth-order valence-electron chi connectivity index (χ4n) is 1.76. The molecule has 0 aromatic heterocycles. The normalized spacial score (nSPS) is 19.9. The van der Waals surface area contributed by atoms with Crippen LogP contribution in [0.2, 0.25) is 0 Å². The van der Waals surface area contributed by atoms with E-state index in [2.05, 4.69) is 10.6 Å². The zero-order chi connectivity index (χ0) is 12.6. The van der Waals surface area contributed by atoms with Gasteiger partial charge in [-0.3, -0.25) is 4.79 Å². The Morgan fingerprint density at radius 2 is 2.28 bits per heavy atom. The molecule has 1 atom stereocenters. The van der Waals surface area contributed by atoms with E-state index in [9.17, 15) is 4.79 Å². The summed E-state index contributed by atoms with van der Waals surface area (Å²) in [7, 11) is 0. The van der Waals surface area contributed by atoms with Crippen molar-refractivity contribution in [3.8, 4) is 0 Å². The molecule has 1 unspecified atom stereocenters. The number of ether oxygens (including phenoxy) is 1. The van der Waals surface area contributed by atoms with E-state index in [0.29, 0.717) is 13.2 Å². The summed E-state index contributed by atoms with van der Waals surface area (Å²) < 4.78 is 5.49. The van der Waals surface area contributed by atoms with Gasteiger partial charge in [-0.1, -0.05) is 30.3 Å². The van der Waals surface area contributed by atoms with Crippen molar-refractivity contribution in [2.45, 2.75) is 6.10 Å². The minimum Gasteiger partial charge on any atom is -0.374 e. The third kappa shape index (κ3) is 4.31. The molecule has 1 saturated heterocycles. The first-order chi connectivity index (χ1) is 8.84. The summed E-state index contributed by atoms with van der Waals surface area (Å²) in [6.07, 6.45) is 3.42. The molecular formula is C14H18N2O2. The van der Waals surface area contributed by atoms with Crippen LogP contribution >= 0.6 is 0 Å². The molecule has 18 heavy (non-hydrogen) atoms. The highest BCUT2D eigenvalue weighted by Gasteiger charge is 2.13. The highest BCUT2D eigenvalue weighted by atomic mass is 16.5. The topological polar surface area (TPSA) is 50.4 Å². The van der Waals surface area contributed by atoms with Crippen LogP contribution in [0.1, 0.15) is 5.56 Å². The van der Waals surface area contributed by atoms with Gasteiger partial charge in [0.25, 0.3) is 0 Å². The number of amides is 1. The number of hydrogen-bond donors (Lipinski definition) is 2. The summed E-state index contributed by atoms with van der Waals surface area (Å²) in [5, 5.41) is 6.05. The Morgan fingerprint density at radius 3 is 3.00 bits per heavy atom. The van der Waals surface area contributed by atoms with Crippen LogP contribution in [0.4, 0.5) is 0 Å². The van der Waals surface area contributed by atoms with Crippen LogP contribution in [0.5, 0.6) is 0 Å². The van der Waals surface area contributed by atoms with Gasteiger partial charge in [0.2, 0.25) is 5.91 Å². The number of benzene rings is 1. The third-order valence-corrected chi connectivity index (χ3v) is 2.74. The molecule has 1 aliphatic rings. The van der Waals surface area contributed by atoms with Gasteiger partial charge in [0.15, 0.2) is 0 Å². The number of carbonyl (C=O) groups excluding carboxylic acids is 1. The quantitative estimate of drug-likeness (QED) is 0.773. The number of carbonyl (C=O) groups is 1. The Kier molecular flexibility index (Phi) is 4.93. The first-order valence-electron chi connectivity index (χ1n) is 6.18. The maximum absolute atomic E-state index is 11.6. The van der Waals surface area contributed by atoms with Crippen molar-refractivity contribution in [3.63, 3.8) is 0 Å². The number of morpholine rings is 1. The minimum atomic E-state index is -0.0898.